The van der Waals surface area contributed by atoms with Crippen molar-refractivity contribution in [1.29, 1.82) is 0 Å². The van der Waals surface area contributed by atoms with Gasteiger partial charge in [-0.1, -0.05) is 66.7 Å². The molecule has 3 aromatic carbocycles. The van der Waals surface area contributed by atoms with Crippen molar-refractivity contribution in [3.8, 4) is 0 Å². The smallest absolute Gasteiger partial charge is 0.186 e. The quantitative estimate of drug-likeness (QED) is 0.483. The first kappa shape index (κ1) is 24.7. The van der Waals surface area contributed by atoms with Crippen molar-refractivity contribution in [3.63, 3.8) is 0 Å². The number of fused-ring (bicyclic) bond motifs is 1. The monoisotopic (exact) mass is 522 g/mol. The van der Waals surface area contributed by atoms with Gasteiger partial charge in [-0.05, 0) is 36.8 Å². The molecule has 0 amide bonds. The molecule has 8 heteroatoms. The molecule has 0 radical (unpaired) electrons. The van der Waals surface area contributed by atoms with Gasteiger partial charge in [-0.2, -0.15) is 0 Å². The lowest BCUT2D eigenvalue weighted by Gasteiger charge is -2.37. The molecule has 0 bridgehead atoms. The van der Waals surface area contributed by atoms with Crippen molar-refractivity contribution in [2.75, 3.05) is 37.6 Å². The van der Waals surface area contributed by atoms with Gasteiger partial charge >= 0.3 is 0 Å². The summed E-state index contributed by atoms with van der Waals surface area (Å²) in [5.74, 6) is 0. The normalized spacial score (nSPS) is 22.1. The lowest BCUT2D eigenvalue weighted by Crippen LogP contribution is -2.46. The molecule has 0 aromatic heterocycles. The molecule has 1 fully saturated rings. The highest BCUT2D eigenvalue weighted by atomic mass is 32.2. The summed E-state index contributed by atoms with van der Waals surface area (Å²) < 4.78 is 54.0. The summed E-state index contributed by atoms with van der Waals surface area (Å²) in [5, 5.41) is -2.19. The SMILES string of the molecule is CC1C(S(=O)(=O)c2ccccc2)c2c(N3CCN(CC=Cc4ccccc4)CC3)cccc2S1(=O)=O. The van der Waals surface area contributed by atoms with Crippen molar-refractivity contribution < 1.29 is 16.8 Å². The summed E-state index contributed by atoms with van der Waals surface area (Å²) >= 11 is 0. The Morgan fingerprint density at radius 3 is 2.17 bits per heavy atom. The van der Waals surface area contributed by atoms with Crippen LogP contribution in [0, 0.1) is 0 Å². The molecule has 0 aliphatic carbocycles. The highest BCUT2D eigenvalue weighted by Gasteiger charge is 2.51. The maximum atomic E-state index is 13.7. The highest BCUT2D eigenvalue weighted by Crippen LogP contribution is 2.49. The van der Waals surface area contributed by atoms with Crippen molar-refractivity contribution in [2.24, 2.45) is 0 Å². The van der Waals surface area contributed by atoms with Gasteiger partial charge in [-0.15, -0.1) is 0 Å². The maximum Gasteiger partial charge on any atom is 0.186 e. The van der Waals surface area contributed by atoms with E-state index in [1.54, 1.807) is 30.3 Å². The third-order valence-electron chi connectivity index (χ3n) is 7.14. The summed E-state index contributed by atoms with van der Waals surface area (Å²) in [6.45, 7) is 5.35. The molecule has 0 spiro atoms. The number of hydrogen-bond acceptors (Lipinski definition) is 6. The van der Waals surface area contributed by atoms with Crippen LogP contribution in [0.2, 0.25) is 0 Å². The van der Waals surface area contributed by atoms with E-state index in [2.05, 4.69) is 34.1 Å². The first-order valence-corrected chi connectivity index (χ1v) is 15.2. The number of benzene rings is 3. The zero-order valence-electron chi connectivity index (χ0n) is 20.2. The molecule has 0 N–H and O–H groups in total. The van der Waals surface area contributed by atoms with Gasteiger partial charge in [0.15, 0.2) is 19.7 Å². The van der Waals surface area contributed by atoms with E-state index in [4.69, 9.17) is 0 Å². The average Bonchev–Trinajstić information content (AvgIpc) is 3.11. The Morgan fingerprint density at radius 2 is 1.50 bits per heavy atom. The van der Waals surface area contributed by atoms with Gasteiger partial charge in [0, 0.05) is 44.0 Å². The van der Waals surface area contributed by atoms with Gasteiger partial charge in [-0.25, -0.2) is 16.8 Å². The van der Waals surface area contributed by atoms with Crippen molar-refractivity contribution in [1.82, 2.24) is 4.90 Å². The number of sulfone groups is 2. The molecule has 5 rings (SSSR count). The number of anilines is 1. The fraction of sp³-hybridized carbons (Fsp3) is 0.286. The number of rotatable bonds is 6. The minimum Gasteiger partial charge on any atom is -0.369 e. The molecule has 36 heavy (non-hydrogen) atoms. The minimum absolute atomic E-state index is 0.144. The van der Waals surface area contributed by atoms with Gasteiger partial charge in [0.05, 0.1) is 15.0 Å². The highest BCUT2D eigenvalue weighted by molar-refractivity contribution is 7.96. The van der Waals surface area contributed by atoms with Crippen LogP contribution in [0.4, 0.5) is 5.69 Å². The second-order valence-electron chi connectivity index (χ2n) is 9.32. The summed E-state index contributed by atoms with van der Waals surface area (Å²) in [4.78, 5) is 4.77. The third kappa shape index (κ3) is 4.49. The Kier molecular flexibility index (Phi) is 6.76. The molecule has 3 aromatic rings. The van der Waals surface area contributed by atoms with E-state index in [1.807, 2.05) is 24.3 Å². The maximum absolute atomic E-state index is 13.7. The molecule has 2 aliphatic heterocycles. The van der Waals surface area contributed by atoms with Gasteiger partial charge in [0.2, 0.25) is 0 Å². The Bertz CT molecular complexity index is 1460. The standard InChI is InChI=1S/C28H30N2O4S2/c1-22-28(36(33,34)24-13-6-3-7-14-24)27-25(15-8-16-26(27)35(22,31)32)30-20-18-29(19-21-30)17-9-12-23-10-4-2-5-11-23/h2-16,22,28H,17-21H2,1H3. The van der Waals surface area contributed by atoms with Crippen LogP contribution in [-0.4, -0.2) is 59.7 Å². The molecule has 2 atom stereocenters. The van der Waals surface area contributed by atoms with Gasteiger partial charge in [0.1, 0.15) is 5.25 Å². The Hall–Kier alpha value is -2.94. The fourth-order valence-corrected chi connectivity index (χ4v) is 9.69. The lowest BCUT2D eigenvalue weighted by molar-refractivity contribution is 0.284. The van der Waals surface area contributed by atoms with Crippen LogP contribution in [0.25, 0.3) is 6.08 Å². The van der Waals surface area contributed by atoms with Crippen molar-refractivity contribution in [2.45, 2.75) is 27.2 Å². The lowest BCUT2D eigenvalue weighted by atomic mass is 10.1. The first-order chi connectivity index (χ1) is 17.3. The molecular formula is C28H30N2O4S2. The van der Waals surface area contributed by atoms with E-state index < -0.39 is 30.2 Å². The Morgan fingerprint density at radius 1 is 0.861 bits per heavy atom. The molecule has 2 heterocycles. The van der Waals surface area contributed by atoms with E-state index in [-0.39, 0.29) is 9.79 Å². The van der Waals surface area contributed by atoms with Crippen LogP contribution < -0.4 is 4.90 Å². The van der Waals surface area contributed by atoms with E-state index in [0.717, 1.165) is 25.2 Å². The average molecular weight is 523 g/mol. The van der Waals surface area contributed by atoms with Crippen molar-refractivity contribution in [3.05, 3.63) is 96.1 Å². The van der Waals surface area contributed by atoms with E-state index >= 15 is 0 Å². The molecule has 188 valence electrons. The number of hydrogen-bond donors (Lipinski definition) is 0. The van der Waals surface area contributed by atoms with Crippen LogP contribution in [0.1, 0.15) is 23.3 Å². The second-order valence-corrected chi connectivity index (χ2v) is 13.7. The number of nitrogens with zero attached hydrogens (tertiary/aromatic N) is 2. The van der Waals surface area contributed by atoms with Crippen LogP contribution in [0.15, 0.2) is 94.7 Å². The Labute approximate surface area is 213 Å². The van der Waals surface area contributed by atoms with E-state index in [1.165, 1.54) is 19.1 Å². The van der Waals surface area contributed by atoms with Crippen LogP contribution in [0.3, 0.4) is 0 Å². The van der Waals surface area contributed by atoms with E-state index in [9.17, 15) is 16.8 Å². The number of piperazine rings is 1. The van der Waals surface area contributed by atoms with Gasteiger partial charge in [0.25, 0.3) is 0 Å². The van der Waals surface area contributed by atoms with Crippen LogP contribution in [0.5, 0.6) is 0 Å². The predicted octanol–water partition coefficient (Wildman–Crippen LogP) is 4.21. The zero-order valence-corrected chi connectivity index (χ0v) is 21.8. The third-order valence-corrected chi connectivity index (χ3v) is 11.8. The molecule has 2 aliphatic rings. The summed E-state index contributed by atoms with van der Waals surface area (Å²) in [5.41, 5.74) is 2.30. The van der Waals surface area contributed by atoms with E-state index in [0.29, 0.717) is 24.3 Å². The Balaban J connectivity index is 1.40. The molecule has 2 unspecified atom stereocenters. The second kappa shape index (κ2) is 9.84. The summed E-state index contributed by atoms with van der Waals surface area (Å²) in [6, 6.07) is 23.5. The van der Waals surface area contributed by atoms with Gasteiger partial charge < -0.3 is 4.90 Å². The first-order valence-electron chi connectivity index (χ1n) is 12.1. The topological polar surface area (TPSA) is 74.8 Å². The largest absolute Gasteiger partial charge is 0.369 e. The fourth-order valence-electron chi connectivity index (χ4n) is 5.18. The van der Waals surface area contributed by atoms with Crippen LogP contribution >= 0.6 is 0 Å². The zero-order chi connectivity index (χ0) is 25.3. The molecular weight excluding hydrogens is 492 g/mol. The predicted molar refractivity (Wildman–Crippen MR) is 144 cm³/mol. The summed E-state index contributed by atoms with van der Waals surface area (Å²) in [6.07, 6.45) is 4.27. The van der Waals surface area contributed by atoms with Crippen LogP contribution in [-0.2, 0) is 19.7 Å². The summed E-state index contributed by atoms with van der Waals surface area (Å²) in [7, 11) is -7.67. The molecule has 1 saturated heterocycles. The van der Waals surface area contributed by atoms with Gasteiger partial charge in [-0.3, -0.25) is 4.90 Å². The van der Waals surface area contributed by atoms with Crippen molar-refractivity contribution >= 4 is 31.4 Å². The minimum atomic E-state index is -3.91. The molecule has 6 nitrogen and oxygen atoms in total. The molecule has 0 saturated carbocycles.